The number of nitrogens with zero attached hydrogens (tertiary/aromatic N) is 2. The molecule has 0 aliphatic carbocycles. The van der Waals surface area contributed by atoms with Gasteiger partial charge in [0, 0.05) is 5.69 Å². The Morgan fingerprint density at radius 1 is 1.20 bits per heavy atom. The molecule has 0 bridgehead atoms. The summed E-state index contributed by atoms with van der Waals surface area (Å²) < 4.78 is 5.62. The van der Waals surface area contributed by atoms with Crippen LogP contribution in [0.3, 0.4) is 0 Å². The third kappa shape index (κ3) is 2.26. The third-order valence-electron chi connectivity index (χ3n) is 4.68. The Balaban J connectivity index is 2.05. The van der Waals surface area contributed by atoms with E-state index in [2.05, 4.69) is 48.3 Å². The summed E-state index contributed by atoms with van der Waals surface area (Å²) >= 11 is 0. The molecule has 1 atom stereocenters. The largest absolute Gasteiger partial charge is 0.420 e. The minimum Gasteiger partial charge on any atom is -0.420 e. The lowest BCUT2D eigenvalue weighted by Gasteiger charge is -2.25. The van der Waals surface area contributed by atoms with Gasteiger partial charge in [-0.2, -0.15) is 5.26 Å². The molecule has 3 N–H and O–H groups in total. The summed E-state index contributed by atoms with van der Waals surface area (Å²) in [6, 6.07) is 16.5. The number of ether oxygens (including phenoxy) is 1. The lowest BCUT2D eigenvalue weighted by atomic mass is 9.80. The second kappa shape index (κ2) is 5.67. The van der Waals surface area contributed by atoms with Gasteiger partial charge >= 0.3 is 0 Å². The molecule has 0 amide bonds. The highest BCUT2D eigenvalue weighted by molar-refractivity contribution is 5.87. The number of allylic oxidation sites excluding steroid dienone is 1. The Kier molecular flexibility index (Phi) is 3.47. The Hall–Kier alpha value is -3.26. The van der Waals surface area contributed by atoms with Gasteiger partial charge in [-0.05, 0) is 22.3 Å². The van der Waals surface area contributed by atoms with Gasteiger partial charge in [0.2, 0.25) is 11.8 Å². The maximum absolute atomic E-state index is 9.76. The standard InChI is InChI=1S/C20H18N4O/c1-11(2)18-17-16(15(10-21)19(22)25-20(17)24-23-18)14-9-5-7-12-6-3-4-8-13(12)14/h3-9,11,16H,22H2,1-2H3,(H,23,24)/t16-/m1/s1. The second-order valence-electron chi connectivity index (χ2n) is 6.50. The lowest BCUT2D eigenvalue weighted by molar-refractivity contribution is 0.379. The lowest BCUT2D eigenvalue weighted by Crippen LogP contribution is -2.21. The summed E-state index contributed by atoms with van der Waals surface area (Å²) in [6.07, 6.45) is 0. The Bertz CT molecular complexity index is 1030. The number of nitrogens with two attached hydrogens (primary N) is 1. The van der Waals surface area contributed by atoms with Crippen LogP contribution in [-0.4, -0.2) is 10.2 Å². The van der Waals surface area contributed by atoms with Gasteiger partial charge in [-0.25, -0.2) is 0 Å². The van der Waals surface area contributed by atoms with Gasteiger partial charge in [0.05, 0.1) is 11.5 Å². The molecule has 3 aromatic rings. The van der Waals surface area contributed by atoms with Gasteiger partial charge in [0.1, 0.15) is 11.6 Å². The minimum absolute atomic E-state index is 0.120. The maximum Gasteiger partial charge on any atom is 0.244 e. The first-order chi connectivity index (χ1) is 12.1. The predicted molar refractivity (Wildman–Crippen MR) is 95.9 cm³/mol. The number of hydrogen-bond donors (Lipinski definition) is 2. The van der Waals surface area contributed by atoms with Crippen molar-refractivity contribution in [2.24, 2.45) is 5.73 Å². The smallest absolute Gasteiger partial charge is 0.244 e. The summed E-state index contributed by atoms with van der Waals surface area (Å²) in [5.74, 6) is 0.500. The highest BCUT2D eigenvalue weighted by atomic mass is 16.5. The number of fused-ring (bicyclic) bond motifs is 2. The Morgan fingerprint density at radius 2 is 1.96 bits per heavy atom. The number of rotatable bonds is 2. The number of hydrogen-bond acceptors (Lipinski definition) is 4. The van der Waals surface area contributed by atoms with E-state index in [0.717, 1.165) is 27.6 Å². The molecule has 1 aliphatic rings. The quantitative estimate of drug-likeness (QED) is 0.746. The topological polar surface area (TPSA) is 87.7 Å². The molecule has 5 nitrogen and oxygen atoms in total. The Morgan fingerprint density at radius 3 is 2.72 bits per heavy atom. The zero-order chi connectivity index (χ0) is 17.6. The maximum atomic E-state index is 9.76. The van der Waals surface area contributed by atoms with E-state index in [4.69, 9.17) is 10.5 Å². The number of aromatic nitrogens is 2. The van der Waals surface area contributed by atoms with Crippen LogP contribution in [0.15, 0.2) is 53.9 Å². The van der Waals surface area contributed by atoms with Crippen LogP contribution < -0.4 is 10.5 Å². The van der Waals surface area contributed by atoms with Gasteiger partial charge in [0.25, 0.3) is 0 Å². The van der Waals surface area contributed by atoms with Crippen LogP contribution in [0, 0.1) is 11.3 Å². The molecule has 0 spiro atoms. The molecule has 1 aliphatic heterocycles. The molecule has 0 radical (unpaired) electrons. The SMILES string of the molecule is CC(C)c1[nH]nc2c1[C@H](c1cccc3ccccc13)C(C#N)=C(N)O2. The molecule has 0 fully saturated rings. The van der Waals surface area contributed by atoms with Crippen molar-refractivity contribution in [3.05, 3.63) is 70.7 Å². The van der Waals surface area contributed by atoms with Crippen LogP contribution in [0.25, 0.3) is 10.8 Å². The highest BCUT2D eigenvalue weighted by Crippen LogP contribution is 2.45. The van der Waals surface area contributed by atoms with Gasteiger partial charge < -0.3 is 10.5 Å². The molecule has 0 unspecified atom stereocenters. The first kappa shape index (κ1) is 15.3. The van der Waals surface area contributed by atoms with Gasteiger partial charge in [-0.15, -0.1) is 5.10 Å². The van der Waals surface area contributed by atoms with E-state index in [1.165, 1.54) is 0 Å². The van der Waals surface area contributed by atoms with Crippen LogP contribution >= 0.6 is 0 Å². The molecule has 4 rings (SSSR count). The molecule has 2 heterocycles. The molecular formula is C20H18N4O. The predicted octanol–water partition coefficient (Wildman–Crippen LogP) is 3.90. The highest BCUT2D eigenvalue weighted by Gasteiger charge is 2.36. The summed E-state index contributed by atoms with van der Waals surface area (Å²) in [5, 5.41) is 19.3. The molecule has 0 saturated carbocycles. The van der Waals surface area contributed by atoms with Crippen molar-refractivity contribution in [2.75, 3.05) is 0 Å². The molecule has 5 heteroatoms. The number of nitrogens with one attached hydrogen (secondary N) is 1. The zero-order valence-electron chi connectivity index (χ0n) is 14.1. The molecule has 0 saturated heterocycles. The van der Waals surface area contributed by atoms with Crippen LogP contribution in [-0.2, 0) is 0 Å². The van der Waals surface area contributed by atoms with E-state index in [1.54, 1.807) is 0 Å². The first-order valence-electron chi connectivity index (χ1n) is 8.25. The monoisotopic (exact) mass is 330 g/mol. The fraction of sp³-hybridized carbons (Fsp3) is 0.200. The number of nitriles is 1. The Labute approximate surface area is 145 Å². The van der Waals surface area contributed by atoms with Crippen LogP contribution in [0.2, 0.25) is 0 Å². The summed E-state index contributed by atoms with van der Waals surface area (Å²) in [5.41, 5.74) is 9.36. The van der Waals surface area contributed by atoms with Crippen molar-refractivity contribution in [1.82, 2.24) is 10.2 Å². The average Bonchev–Trinajstić information content (AvgIpc) is 3.03. The van der Waals surface area contributed by atoms with E-state index < -0.39 is 0 Å². The summed E-state index contributed by atoms with van der Waals surface area (Å²) in [4.78, 5) is 0. The van der Waals surface area contributed by atoms with E-state index >= 15 is 0 Å². The summed E-state index contributed by atoms with van der Waals surface area (Å²) in [7, 11) is 0. The number of benzene rings is 2. The van der Waals surface area contributed by atoms with Crippen LogP contribution in [0.1, 0.15) is 42.5 Å². The normalized spacial score (nSPS) is 16.6. The van der Waals surface area contributed by atoms with Crippen molar-refractivity contribution < 1.29 is 4.74 Å². The third-order valence-corrected chi connectivity index (χ3v) is 4.68. The number of H-pyrrole nitrogens is 1. The van der Waals surface area contributed by atoms with Gasteiger partial charge in [-0.1, -0.05) is 56.3 Å². The number of aromatic amines is 1. The zero-order valence-corrected chi connectivity index (χ0v) is 14.1. The van der Waals surface area contributed by atoms with E-state index in [1.807, 2.05) is 24.3 Å². The van der Waals surface area contributed by atoms with Crippen molar-refractivity contribution >= 4 is 10.8 Å². The fourth-order valence-electron chi connectivity index (χ4n) is 3.52. The molecule has 124 valence electrons. The fourth-order valence-corrected chi connectivity index (χ4v) is 3.52. The first-order valence-corrected chi connectivity index (χ1v) is 8.25. The van der Waals surface area contributed by atoms with Gasteiger partial charge in [-0.3, -0.25) is 5.10 Å². The van der Waals surface area contributed by atoms with E-state index in [0.29, 0.717) is 11.5 Å². The summed E-state index contributed by atoms with van der Waals surface area (Å²) in [6.45, 7) is 4.17. The molecule has 1 aromatic heterocycles. The minimum atomic E-state index is -0.295. The van der Waals surface area contributed by atoms with Crippen molar-refractivity contribution in [1.29, 1.82) is 5.26 Å². The van der Waals surface area contributed by atoms with Crippen molar-refractivity contribution in [3.63, 3.8) is 0 Å². The average molecular weight is 330 g/mol. The van der Waals surface area contributed by atoms with Gasteiger partial charge in [0.15, 0.2) is 0 Å². The van der Waals surface area contributed by atoms with Crippen LogP contribution in [0.5, 0.6) is 5.88 Å². The van der Waals surface area contributed by atoms with Crippen LogP contribution in [0.4, 0.5) is 0 Å². The van der Waals surface area contributed by atoms with E-state index in [9.17, 15) is 5.26 Å². The second-order valence-corrected chi connectivity index (χ2v) is 6.50. The van der Waals surface area contributed by atoms with Crippen molar-refractivity contribution in [2.45, 2.75) is 25.7 Å². The molecular weight excluding hydrogens is 312 g/mol. The van der Waals surface area contributed by atoms with E-state index in [-0.39, 0.29) is 17.7 Å². The molecule has 2 aromatic carbocycles. The molecule has 25 heavy (non-hydrogen) atoms. The van der Waals surface area contributed by atoms with Crippen molar-refractivity contribution in [3.8, 4) is 11.9 Å².